The van der Waals surface area contributed by atoms with Gasteiger partial charge in [-0.3, -0.25) is 4.79 Å². The van der Waals surface area contributed by atoms with E-state index in [1.807, 2.05) is 11.9 Å². The summed E-state index contributed by atoms with van der Waals surface area (Å²) in [5.41, 5.74) is 0.528. The number of hydrogen-bond donors (Lipinski definition) is 1. The highest BCUT2D eigenvalue weighted by Crippen LogP contribution is 2.34. The molecule has 8 nitrogen and oxygen atoms in total. The van der Waals surface area contributed by atoms with E-state index < -0.39 is 10.0 Å². The third-order valence-electron chi connectivity index (χ3n) is 6.21. The van der Waals surface area contributed by atoms with Gasteiger partial charge in [0.05, 0.1) is 10.6 Å². The standard InChI is InChI=1S/C24H30FN3O5S/c1-27(21-6-3-2-5-20(21)25)12-4-11-26-24(29)18-9-13-28(14-10-18)34(30,31)19-7-8-22-23(17-19)33-16-15-32-22/h2-3,5-8,17-18H,4,9-16H2,1H3,(H,26,29). The Labute approximate surface area is 199 Å². The van der Waals surface area contributed by atoms with Crippen LogP contribution in [-0.2, 0) is 14.8 Å². The third kappa shape index (κ3) is 5.44. The van der Waals surface area contributed by atoms with Gasteiger partial charge < -0.3 is 19.7 Å². The van der Waals surface area contributed by atoms with Crippen molar-refractivity contribution in [1.29, 1.82) is 0 Å². The lowest BCUT2D eigenvalue weighted by atomic mass is 9.97. The van der Waals surface area contributed by atoms with Crippen LogP contribution in [0.3, 0.4) is 0 Å². The molecule has 0 spiro atoms. The Morgan fingerprint density at radius 1 is 1.12 bits per heavy atom. The van der Waals surface area contributed by atoms with Crippen LogP contribution in [0.2, 0.25) is 0 Å². The topological polar surface area (TPSA) is 88.2 Å². The number of benzene rings is 2. The van der Waals surface area contributed by atoms with Crippen molar-refractivity contribution in [3.8, 4) is 11.5 Å². The summed E-state index contributed by atoms with van der Waals surface area (Å²) in [5.74, 6) is 0.413. The van der Waals surface area contributed by atoms with E-state index in [0.717, 1.165) is 0 Å². The van der Waals surface area contributed by atoms with E-state index in [2.05, 4.69) is 5.32 Å². The molecule has 0 aliphatic carbocycles. The average molecular weight is 492 g/mol. The Balaban J connectivity index is 1.23. The zero-order chi connectivity index (χ0) is 24.1. The van der Waals surface area contributed by atoms with E-state index >= 15 is 0 Å². The van der Waals surface area contributed by atoms with Crippen LogP contribution in [0.4, 0.5) is 10.1 Å². The number of rotatable bonds is 8. The summed E-state index contributed by atoms with van der Waals surface area (Å²) in [6, 6.07) is 11.2. The molecule has 0 saturated carbocycles. The van der Waals surface area contributed by atoms with Gasteiger partial charge in [0.15, 0.2) is 11.5 Å². The molecule has 0 radical (unpaired) electrons. The van der Waals surface area contributed by atoms with Gasteiger partial charge in [-0.1, -0.05) is 12.1 Å². The molecule has 1 amide bonds. The molecule has 0 atom stereocenters. The number of halogens is 1. The lowest BCUT2D eigenvalue weighted by Gasteiger charge is -2.31. The number of para-hydroxylation sites is 1. The predicted octanol–water partition coefficient (Wildman–Crippen LogP) is 2.64. The van der Waals surface area contributed by atoms with Crippen LogP contribution < -0.4 is 19.7 Å². The Morgan fingerprint density at radius 2 is 1.82 bits per heavy atom. The minimum Gasteiger partial charge on any atom is -0.486 e. The maximum Gasteiger partial charge on any atom is 0.243 e. The molecule has 2 aliphatic heterocycles. The smallest absolute Gasteiger partial charge is 0.243 e. The SMILES string of the molecule is CN(CCCNC(=O)C1CCN(S(=O)(=O)c2ccc3c(c2)OCCO3)CC1)c1ccccc1F. The van der Waals surface area contributed by atoms with E-state index in [0.29, 0.717) is 62.8 Å². The normalized spacial score (nSPS) is 16.8. The number of ether oxygens (including phenoxy) is 2. The van der Waals surface area contributed by atoms with Gasteiger partial charge in [0.2, 0.25) is 15.9 Å². The second-order valence-corrected chi connectivity index (χ2v) is 10.4. The Bertz CT molecular complexity index is 1120. The number of piperidine rings is 1. The van der Waals surface area contributed by atoms with Crippen LogP contribution in [0.1, 0.15) is 19.3 Å². The molecule has 2 aliphatic rings. The number of sulfonamides is 1. The number of carbonyl (C=O) groups excluding carboxylic acids is 1. The van der Waals surface area contributed by atoms with Crippen molar-refractivity contribution in [2.75, 3.05) is 51.3 Å². The molecule has 4 rings (SSSR count). The van der Waals surface area contributed by atoms with Crippen LogP contribution in [-0.4, -0.2) is 65.1 Å². The number of hydrogen-bond acceptors (Lipinski definition) is 6. The Hall–Kier alpha value is -2.85. The Morgan fingerprint density at radius 3 is 2.56 bits per heavy atom. The molecule has 0 bridgehead atoms. The van der Waals surface area contributed by atoms with Gasteiger partial charge >= 0.3 is 0 Å². The highest BCUT2D eigenvalue weighted by Gasteiger charge is 2.32. The number of anilines is 1. The van der Waals surface area contributed by atoms with Crippen LogP contribution in [0.25, 0.3) is 0 Å². The van der Waals surface area contributed by atoms with Gasteiger partial charge in [0.1, 0.15) is 19.0 Å². The molecular weight excluding hydrogens is 461 g/mol. The first-order chi connectivity index (χ1) is 16.4. The van der Waals surface area contributed by atoms with E-state index in [-0.39, 0.29) is 35.6 Å². The fraction of sp³-hybridized carbons (Fsp3) is 0.458. The van der Waals surface area contributed by atoms with Crippen molar-refractivity contribution in [1.82, 2.24) is 9.62 Å². The lowest BCUT2D eigenvalue weighted by Crippen LogP contribution is -2.43. The molecule has 0 unspecified atom stereocenters. The second kappa shape index (κ2) is 10.6. The average Bonchev–Trinajstić information content (AvgIpc) is 2.86. The van der Waals surface area contributed by atoms with Gasteiger partial charge in [-0.05, 0) is 43.5 Å². The van der Waals surface area contributed by atoms with Crippen molar-refractivity contribution in [3.05, 3.63) is 48.3 Å². The van der Waals surface area contributed by atoms with Crippen molar-refractivity contribution in [2.45, 2.75) is 24.2 Å². The predicted molar refractivity (Wildman–Crippen MR) is 126 cm³/mol. The van der Waals surface area contributed by atoms with Crippen LogP contribution in [0.5, 0.6) is 11.5 Å². The molecule has 2 aromatic carbocycles. The molecule has 2 heterocycles. The van der Waals surface area contributed by atoms with Crippen molar-refractivity contribution in [3.63, 3.8) is 0 Å². The summed E-state index contributed by atoms with van der Waals surface area (Å²) in [7, 11) is -1.86. The van der Waals surface area contributed by atoms with Gasteiger partial charge in [0, 0.05) is 45.2 Å². The van der Waals surface area contributed by atoms with Crippen molar-refractivity contribution in [2.24, 2.45) is 5.92 Å². The minimum atomic E-state index is -3.68. The highest BCUT2D eigenvalue weighted by atomic mass is 32.2. The zero-order valence-electron chi connectivity index (χ0n) is 19.2. The molecule has 1 saturated heterocycles. The molecular formula is C24H30FN3O5S. The van der Waals surface area contributed by atoms with E-state index in [1.165, 1.54) is 22.5 Å². The van der Waals surface area contributed by atoms with E-state index in [1.54, 1.807) is 24.3 Å². The lowest BCUT2D eigenvalue weighted by molar-refractivity contribution is -0.126. The molecule has 34 heavy (non-hydrogen) atoms. The largest absolute Gasteiger partial charge is 0.486 e. The molecule has 1 fully saturated rings. The summed E-state index contributed by atoms with van der Waals surface area (Å²) in [6.45, 7) is 2.48. The number of carbonyl (C=O) groups is 1. The fourth-order valence-corrected chi connectivity index (χ4v) is 5.73. The summed E-state index contributed by atoms with van der Waals surface area (Å²) in [4.78, 5) is 14.6. The first kappa shape index (κ1) is 24.3. The van der Waals surface area contributed by atoms with Crippen LogP contribution in [0, 0.1) is 11.7 Å². The summed E-state index contributed by atoms with van der Waals surface area (Å²) in [5, 5.41) is 2.94. The Kier molecular flexibility index (Phi) is 7.57. The summed E-state index contributed by atoms with van der Waals surface area (Å²) in [6.07, 6.45) is 1.60. The number of fused-ring (bicyclic) bond motifs is 1. The summed E-state index contributed by atoms with van der Waals surface area (Å²) < 4.78 is 52.4. The quantitative estimate of drug-likeness (QED) is 0.572. The highest BCUT2D eigenvalue weighted by molar-refractivity contribution is 7.89. The van der Waals surface area contributed by atoms with Gasteiger partial charge in [-0.2, -0.15) is 4.31 Å². The molecule has 2 aromatic rings. The van der Waals surface area contributed by atoms with Crippen molar-refractivity contribution >= 4 is 21.6 Å². The second-order valence-electron chi connectivity index (χ2n) is 8.50. The van der Waals surface area contributed by atoms with Crippen LogP contribution in [0.15, 0.2) is 47.4 Å². The summed E-state index contributed by atoms with van der Waals surface area (Å²) >= 11 is 0. The zero-order valence-corrected chi connectivity index (χ0v) is 20.0. The fourth-order valence-electron chi connectivity index (χ4n) is 4.25. The molecule has 184 valence electrons. The number of nitrogens with one attached hydrogen (secondary N) is 1. The maximum atomic E-state index is 13.8. The first-order valence-corrected chi connectivity index (χ1v) is 12.9. The minimum absolute atomic E-state index is 0.0649. The molecule has 1 N–H and O–H groups in total. The monoisotopic (exact) mass is 491 g/mol. The van der Waals surface area contributed by atoms with Crippen LogP contribution >= 0.6 is 0 Å². The van der Waals surface area contributed by atoms with E-state index in [9.17, 15) is 17.6 Å². The van der Waals surface area contributed by atoms with E-state index in [4.69, 9.17) is 9.47 Å². The van der Waals surface area contributed by atoms with Gasteiger partial charge in [-0.25, -0.2) is 12.8 Å². The van der Waals surface area contributed by atoms with Gasteiger partial charge in [-0.15, -0.1) is 0 Å². The third-order valence-corrected chi connectivity index (χ3v) is 8.10. The molecule has 10 heteroatoms. The first-order valence-electron chi connectivity index (χ1n) is 11.5. The molecule has 0 aromatic heterocycles. The van der Waals surface area contributed by atoms with Crippen molar-refractivity contribution < 1.29 is 27.1 Å². The number of nitrogens with zero attached hydrogens (tertiary/aromatic N) is 2. The van der Waals surface area contributed by atoms with Gasteiger partial charge in [0.25, 0.3) is 0 Å². The number of amides is 1. The maximum absolute atomic E-state index is 13.8.